The van der Waals surface area contributed by atoms with Gasteiger partial charge in [-0.25, -0.2) is 0 Å². The van der Waals surface area contributed by atoms with Crippen LogP contribution in [-0.2, 0) is 0 Å². The summed E-state index contributed by atoms with van der Waals surface area (Å²) in [5.74, 6) is 0. The molecule has 20 heavy (non-hydrogen) atoms. The van der Waals surface area contributed by atoms with E-state index in [1.807, 2.05) is 0 Å². The third-order valence-electron chi connectivity index (χ3n) is 4.93. The Bertz CT molecular complexity index is 429. The molecule has 0 saturated carbocycles. The standard InChI is InChI=1S/C18H30N2/c1-5-16(19)17(15-9-7-6-8-14(15)2)20-12-10-18(3,4)11-13-20/h6-9,16-17H,5,10-13,19H2,1-4H3. The van der Waals surface area contributed by atoms with Gasteiger partial charge in [-0.2, -0.15) is 0 Å². The van der Waals surface area contributed by atoms with Crippen molar-refractivity contribution in [2.75, 3.05) is 13.1 Å². The number of hydrogen-bond acceptors (Lipinski definition) is 2. The number of aryl methyl sites for hydroxylation is 1. The second-order valence-corrected chi connectivity index (χ2v) is 7.07. The predicted molar refractivity (Wildman–Crippen MR) is 86.8 cm³/mol. The van der Waals surface area contributed by atoms with Gasteiger partial charge in [-0.3, -0.25) is 4.90 Å². The molecule has 2 heteroatoms. The van der Waals surface area contributed by atoms with E-state index >= 15 is 0 Å². The predicted octanol–water partition coefficient (Wildman–Crippen LogP) is 3.90. The van der Waals surface area contributed by atoms with Gasteiger partial charge in [0.05, 0.1) is 6.04 Å². The molecule has 1 aromatic rings. The van der Waals surface area contributed by atoms with Crippen LogP contribution < -0.4 is 5.73 Å². The largest absolute Gasteiger partial charge is 0.326 e. The molecule has 1 aliphatic rings. The molecule has 2 N–H and O–H groups in total. The SMILES string of the molecule is CCC(N)C(c1ccccc1C)N1CCC(C)(C)CC1. The van der Waals surface area contributed by atoms with Crippen molar-refractivity contribution in [3.8, 4) is 0 Å². The Morgan fingerprint density at radius 2 is 1.80 bits per heavy atom. The molecule has 2 unspecified atom stereocenters. The summed E-state index contributed by atoms with van der Waals surface area (Å²) in [6.45, 7) is 11.5. The Kier molecular flexibility index (Phi) is 4.87. The van der Waals surface area contributed by atoms with Gasteiger partial charge in [-0.05, 0) is 55.8 Å². The second-order valence-electron chi connectivity index (χ2n) is 7.07. The molecule has 0 spiro atoms. The summed E-state index contributed by atoms with van der Waals surface area (Å²) in [6.07, 6.45) is 3.57. The number of nitrogens with zero attached hydrogens (tertiary/aromatic N) is 1. The number of benzene rings is 1. The zero-order chi connectivity index (χ0) is 14.8. The van der Waals surface area contributed by atoms with Gasteiger partial charge >= 0.3 is 0 Å². The Morgan fingerprint density at radius 1 is 1.20 bits per heavy atom. The first-order valence-corrected chi connectivity index (χ1v) is 8.00. The third kappa shape index (κ3) is 3.42. The van der Waals surface area contributed by atoms with Gasteiger partial charge in [-0.15, -0.1) is 0 Å². The van der Waals surface area contributed by atoms with Crippen molar-refractivity contribution in [3.05, 3.63) is 35.4 Å². The van der Waals surface area contributed by atoms with Crippen LogP contribution in [0.1, 0.15) is 57.2 Å². The number of nitrogens with two attached hydrogens (primary N) is 1. The van der Waals surface area contributed by atoms with Gasteiger partial charge in [0.25, 0.3) is 0 Å². The van der Waals surface area contributed by atoms with Crippen molar-refractivity contribution in [2.24, 2.45) is 11.1 Å². The molecule has 0 aliphatic carbocycles. The minimum Gasteiger partial charge on any atom is -0.326 e. The van der Waals surface area contributed by atoms with Crippen LogP contribution in [0, 0.1) is 12.3 Å². The minimum atomic E-state index is 0.220. The van der Waals surface area contributed by atoms with E-state index in [1.54, 1.807) is 0 Å². The van der Waals surface area contributed by atoms with Crippen LogP contribution in [0.25, 0.3) is 0 Å². The molecule has 0 radical (unpaired) electrons. The van der Waals surface area contributed by atoms with Gasteiger partial charge in [-0.1, -0.05) is 45.0 Å². The van der Waals surface area contributed by atoms with Crippen LogP contribution in [-0.4, -0.2) is 24.0 Å². The molecule has 0 bridgehead atoms. The molecular weight excluding hydrogens is 244 g/mol. The van der Waals surface area contributed by atoms with E-state index in [4.69, 9.17) is 5.73 Å². The van der Waals surface area contributed by atoms with Crippen LogP contribution in [0.2, 0.25) is 0 Å². The van der Waals surface area contributed by atoms with E-state index in [1.165, 1.54) is 37.1 Å². The first kappa shape index (κ1) is 15.5. The second kappa shape index (κ2) is 6.28. The highest BCUT2D eigenvalue weighted by Crippen LogP contribution is 2.36. The van der Waals surface area contributed by atoms with Crippen molar-refractivity contribution in [3.63, 3.8) is 0 Å². The first-order chi connectivity index (χ1) is 9.44. The molecule has 112 valence electrons. The summed E-state index contributed by atoms with van der Waals surface area (Å²) in [7, 11) is 0. The molecule has 2 atom stereocenters. The lowest BCUT2D eigenvalue weighted by Gasteiger charge is -2.43. The molecule has 1 aliphatic heterocycles. The van der Waals surface area contributed by atoms with Gasteiger partial charge in [0, 0.05) is 6.04 Å². The zero-order valence-corrected chi connectivity index (χ0v) is 13.5. The fourth-order valence-corrected chi connectivity index (χ4v) is 3.25. The zero-order valence-electron chi connectivity index (χ0n) is 13.5. The van der Waals surface area contributed by atoms with Crippen LogP contribution in [0.5, 0.6) is 0 Å². The van der Waals surface area contributed by atoms with Crippen LogP contribution in [0.15, 0.2) is 24.3 Å². The topological polar surface area (TPSA) is 29.3 Å². The van der Waals surface area contributed by atoms with Crippen molar-refractivity contribution < 1.29 is 0 Å². The van der Waals surface area contributed by atoms with E-state index in [0.717, 1.165) is 6.42 Å². The maximum absolute atomic E-state index is 6.47. The molecule has 1 aromatic carbocycles. The summed E-state index contributed by atoms with van der Waals surface area (Å²) in [6, 6.07) is 9.32. The van der Waals surface area contributed by atoms with E-state index in [2.05, 4.69) is 56.9 Å². The molecule has 1 heterocycles. The molecular formula is C18H30N2. The van der Waals surface area contributed by atoms with Crippen molar-refractivity contribution >= 4 is 0 Å². The van der Waals surface area contributed by atoms with E-state index in [-0.39, 0.29) is 6.04 Å². The lowest BCUT2D eigenvalue weighted by atomic mass is 9.81. The Hall–Kier alpha value is -0.860. The third-order valence-corrected chi connectivity index (χ3v) is 4.93. The number of likely N-dealkylation sites (tertiary alicyclic amines) is 1. The summed E-state index contributed by atoms with van der Waals surface area (Å²) in [4.78, 5) is 2.61. The van der Waals surface area contributed by atoms with Crippen molar-refractivity contribution in [1.29, 1.82) is 0 Å². The lowest BCUT2D eigenvalue weighted by molar-refractivity contribution is 0.0806. The van der Waals surface area contributed by atoms with Gasteiger partial charge < -0.3 is 5.73 Å². The molecule has 1 fully saturated rings. The molecule has 0 aromatic heterocycles. The number of piperidine rings is 1. The van der Waals surface area contributed by atoms with E-state index in [9.17, 15) is 0 Å². The van der Waals surface area contributed by atoms with Crippen molar-refractivity contribution in [1.82, 2.24) is 4.90 Å². The van der Waals surface area contributed by atoms with Crippen LogP contribution >= 0.6 is 0 Å². The first-order valence-electron chi connectivity index (χ1n) is 8.00. The summed E-state index contributed by atoms with van der Waals surface area (Å²) in [5, 5.41) is 0. The molecule has 1 saturated heterocycles. The molecule has 2 nitrogen and oxygen atoms in total. The number of rotatable bonds is 4. The quantitative estimate of drug-likeness (QED) is 0.902. The highest BCUT2D eigenvalue weighted by molar-refractivity contribution is 5.30. The van der Waals surface area contributed by atoms with Crippen molar-refractivity contribution in [2.45, 2.75) is 59.0 Å². The minimum absolute atomic E-state index is 0.220. The van der Waals surface area contributed by atoms with Gasteiger partial charge in [0.1, 0.15) is 0 Å². The lowest BCUT2D eigenvalue weighted by Crippen LogP contribution is -2.46. The van der Waals surface area contributed by atoms with Gasteiger partial charge in [0.15, 0.2) is 0 Å². The Balaban J connectivity index is 2.23. The highest BCUT2D eigenvalue weighted by Gasteiger charge is 2.32. The maximum atomic E-state index is 6.47. The van der Waals surface area contributed by atoms with Gasteiger partial charge in [0.2, 0.25) is 0 Å². The summed E-state index contributed by atoms with van der Waals surface area (Å²) < 4.78 is 0. The van der Waals surface area contributed by atoms with E-state index in [0.29, 0.717) is 11.5 Å². The summed E-state index contributed by atoms with van der Waals surface area (Å²) in [5.41, 5.74) is 9.75. The number of hydrogen-bond donors (Lipinski definition) is 1. The fraction of sp³-hybridized carbons (Fsp3) is 0.667. The van der Waals surface area contributed by atoms with Crippen LogP contribution in [0.3, 0.4) is 0 Å². The highest BCUT2D eigenvalue weighted by atomic mass is 15.2. The molecule has 2 rings (SSSR count). The normalized spacial score (nSPS) is 22.4. The maximum Gasteiger partial charge on any atom is 0.0501 e. The Morgan fingerprint density at radius 3 is 2.35 bits per heavy atom. The fourth-order valence-electron chi connectivity index (χ4n) is 3.25. The van der Waals surface area contributed by atoms with Crippen LogP contribution in [0.4, 0.5) is 0 Å². The Labute approximate surface area is 124 Å². The average Bonchev–Trinajstić information content (AvgIpc) is 2.42. The smallest absolute Gasteiger partial charge is 0.0501 e. The molecule has 0 amide bonds. The summed E-state index contributed by atoms with van der Waals surface area (Å²) >= 11 is 0. The average molecular weight is 274 g/mol. The monoisotopic (exact) mass is 274 g/mol. The van der Waals surface area contributed by atoms with E-state index < -0.39 is 0 Å².